The first-order valence-corrected chi connectivity index (χ1v) is 4.77. The second-order valence-electron chi connectivity index (χ2n) is 3.15. The minimum Gasteiger partial charge on any atom is -0.493 e. The SMILES string of the molecule is COc1cc([NH])ccc1Oc1ccncc1. The first-order chi connectivity index (χ1) is 7.79. The molecule has 0 atom stereocenters. The van der Waals surface area contributed by atoms with Crippen LogP contribution in [0.5, 0.6) is 17.2 Å². The molecule has 0 aliphatic heterocycles. The molecule has 0 amide bonds. The highest BCUT2D eigenvalue weighted by Gasteiger charge is 2.05. The van der Waals surface area contributed by atoms with Gasteiger partial charge in [-0.3, -0.25) is 4.98 Å². The first-order valence-electron chi connectivity index (χ1n) is 4.77. The van der Waals surface area contributed by atoms with E-state index in [1.54, 1.807) is 49.8 Å². The number of pyridine rings is 1. The van der Waals surface area contributed by atoms with E-state index in [9.17, 15) is 0 Å². The van der Waals surface area contributed by atoms with E-state index in [1.165, 1.54) is 0 Å². The largest absolute Gasteiger partial charge is 0.493 e. The lowest BCUT2D eigenvalue weighted by molar-refractivity contribution is 0.379. The lowest BCUT2D eigenvalue weighted by atomic mass is 10.3. The van der Waals surface area contributed by atoms with Crippen molar-refractivity contribution in [3.05, 3.63) is 42.7 Å². The highest BCUT2D eigenvalue weighted by atomic mass is 16.5. The quantitative estimate of drug-likeness (QED) is 0.791. The molecular weight excluding hydrogens is 204 g/mol. The summed E-state index contributed by atoms with van der Waals surface area (Å²) in [5, 5.41) is 0. The molecule has 16 heavy (non-hydrogen) atoms. The summed E-state index contributed by atoms with van der Waals surface area (Å²) in [7, 11) is 1.55. The Kier molecular flexibility index (Phi) is 2.91. The maximum Gasteiger partial charge on any atom is 0.169 e. The zero-order chi connectivity index (χ0) is 11.4. The third-order valence-electron chi connectivity index (χ3n) is 2.04. The monoisotopic (exact) mass is 215 g/mol. The van der Waals surface area contributed by atoms with Gasteiger partial charge in [0.05, 0.1) is 12.8 Å². The zero-order valence-corrected chi connectivity index (χ0v) is 8.81. The summed E-state index contributed by atoms with van der Waals surface area (Å²) in [5.74, 6) is 1.82. The number of ether oxygens (including phenoxy) is 2. The molecular formula is C12H11N2O2. The van der Waals surface area contributed by atoms with Crippen molar-refractivity contribution in [2.45, 2.75) is 0 Å². The normalized spacial score (nSPS) is 9.81. The van der Waals surface area contributed by atoms with Crippen LogP contribution in [0.4, 0.5) is 5.69 Å². The minimum absolute atomic E-state index is 0.388. The van der Waals surface area contributed by atoms with Gasteiger partial charge in [0.15, 0.2) is 11.5 Å². The van der Waals surface area contributed by atoms with Crippen LogP contribution in [-0.2, 0) is 0 Å². The van der Waals surface area contributed by atoms with E-state index in [4.69, 9.17) is 15.2 Å². The Labute approximate surface area is 93.6 Å². The predicted molar refractivity (Wildman–Crippen MR) is 60.1 cm³/mol. The molecule has 0 aliphatic rings. The number of hydrogen-bond donors (Lipinski definition) is 0. The van der Waals surface area contributed by atoms with Gasteiger partial charge in [0, 0.05) is 18.5 Å². The summed E-state index contributed by atoms with van der Waals surface area (Å²) < 4.78 is 10.7. The van der Waals surface area contributed by atoms with Crippen LogP contribution in [0.3, 0.4) is 0 Å². The Balaban J connectivity index is 2.28. The van der Waals surface area contributed by atoms with Crippen LogP contribution in [0.25, 0.3) is 0 Å². The standard InChI is InChI=1S/C12H11N2O2/c1-15-12-8-9(13)2-3-11(12)16-10-4-6-14-7-5-10/h2-8,13H,1H3. The number of rotatable bonds is 3. The van der Waals surface area contributed by atoms with Crippen LogP contribution in [-0.4, -0.2) is 12.1 Å². The summed E-state index contributed by atoms with van der Waals surface area (Å²) >= 11 is 0. The molecule has 0 aliphatic carbocycles. The van der Waals surface area contributed by atoms with Crippen molar-refractivity contribution >= 4 is 5.69 Å². The van der Waals surface area contributed by atoms with Crippen molar-refractivity contribution in [1.82, 2.24) is 10.7 Å². The lowest BCUT2D eigenvalue weighted by Gasteiger charge is -2.10. The van der Waals surface area contributed by atoms with Gasteiger partial charge in [0.25, 0.3) is 0 Å². The lowest BCUT2D eigenvalue weighted by Crippen LogP contribution is -1.90. The third-order valence-corrected chi connectivity index (χ3v) is 2.04. The molecule has 0 saturated heterocycles. The number of aromatic nitrogens is 1. The molecule has 1 aromatic carbocycles. The van der Waals surface area contributed by atoms with Crippen molar-refractivity contribution in [3.63, 3.8) is 0 Å². The van der Waals surface area contributed by atoms with Gasteiger partial charge in [-0.2, -0.15) is 0 Å². The van der Waals surface area contributed by atoms with Crippen LogP contribution in [0, 0.1) is 0 Å². The zero-order valence-electron chi connectivity index (χ0n) is 8.81. The average Bonchev–Trinajstić information content (AvgIpc) is 2.33. The fraction of sp³-hybridized carbons (Fsp3) is 0.0833. The summed E-state index contributed by atoms with van der Waals surface area (Å²) in [6.07, 6.45) is 3.31. The van der Waals surface area contributed by atoms with E-state index >= 15 is 0 Å². The maximum absolute atomic E-state index is 7.47. The van der Waals surface area contributed by atoms with E-state index in [0.717, 1.165) is 0 Å². The Morgan fingerprint density at radius 2 is 1.81 bits per heavy atom. The van der Waals surface area contributed by atoms with Crippen molar-refractivity contribution in [1.29, 1.82) is 0 Å². The summed E-state index contributed by atoms with van der Waals surface area (Å²) in [5.41, 5.74) is 7.86. The summed E-state index contributed by atoms with van der Waals surface area (Å²) in [4.78, 5) is 3.90. The molecule has 4 nitrogen and oxygen atoms in total. The van der Waals surface area contributed by atoms with E-state index in [0.29, 0.717) is 22.9 Å². The Morgan fingerprint density at radius 3 is 2.50 bits per heavy atom. The molecule has 1 radical (unpaired) electrons. The maximum atomic E-state index is 7.47. The van der Waals surface area contributed by atoms with E-state index < -0.39 is 0 Å². The Morgan fingerprint density at radius 1 is 1.06 bits per heavy atom. The van der Waals surface area contributed by atoms with E-state index in [1.807, 2.05) is 0 Å². The predicted octanol–water partition coefficient (Wildman–Crippen LogP) is 2.80. The molecule has 1 heterocycles. The van der Waals surface area contributed by atoms with E-state index in [2.05, 4.69) is 4.98 Å². The van der Waals surface area contributed by atoms with Crippen LogP contribution in [0.2, 0.25) is 0 Å². The average molecular weight is 215 g/mol. The number of methoxy groups -OCH3 is 1. The Bertz CT molecular complexity index is 472. The topological polar surface area (TPSA) is 55.2 Å². The second-order valence-corrected chi connectivity index (χ2v) is 3.15. The van der Waals surface area contributed by atoms with Crippen LogP contribution in [0.15, 0.2) is 42.7 Å². The highest BCUT2D eigenvalue weighted by Crippen LogP contribution is 2.32. The molecule has 0 unspecified atom stereocenters. The van der Waals surface area contributed by atoms with Crippen molar-refractivity contribution < 1.29 is 9.47 Å². The van der Waals surface area contributed by atoms with Gasteiger partial charge >= 0.3 is 0 Å². The molecule has 1 N–H and O–H groups in total. The molecule has 2 rings (SSSR count). The van der Waals surface area contributed by atoms with Gasteiger partial charge in [-0.05, 0) is 24.3 Å². The van der Waals surface area contributed by atoms with E-state index in [-0.39, 0.29) is 0 Å². The third kappa shape index (κ3) is 2.23. The summed E-state index contributed by atoms with van der Waals surface area (Å²) in [6, 6.07) is 8.49. The minimum atomic E-state index is 0.388. The number of nitrogens with one attached hydrogen (secondary N) is 1. The van der Waals surface area contributed by atoms with Gasteiger partial charge < -0.3 is 15.2 Å². The number of benzene rings is 1. The first kappa shape index (κ1) is 10.3. The molecule has 0 fully saturated rings. The number of hydrogen-bond acceptors (Lipinski definition) is 3. The highest BCUT2D eigenvalue weighted by molar-refractivity contribution is 5.51. The van der Waals surface area contributed by atoms with Gasteiger partial charge in [0.1, 0.15) is 5.75 Å². The second kappa shape index (κ2) is 4.53. The molecule has 1 aromatic heterocycles. The van der Waals surface area contributed by atoms with Gasteiger partial charge in [-0.15, -0.1) is 0 Å². The van der Waals surface area contributed by atoms with Gasteiger partial charge in [0.2, 0.25) is 0 Å². The van der Waals surface area contributed by atoms with Crippen molar-refractivity contribution in [2.24, 2.45) is 0 Å². The molecule has 0 bridgehead atoms. The fourth-order valence-corrected chi connectivity index (χ4v) is 1.29. The number of nitrogens with zero attached hydrogens (tertiary/aromatic N) is 1. The van der Waals surface area contributed by atoms with Crippen LogP contribution < -0.4 is 15.2 Å². The Hall–Kier alpha value is -2.23. The smallest absolute Gasteiger partial charge is 0.169 e. The molecule has 0 spiro atoms. The van der Waals surface area contributed by atoms with Crippen molar-refractivity contribution in [3.8, 4) is 17.2 Å². The molecule has 0 saturated carbocycles. The van der Waals surface area contributed by atoms with Crippen LogP contribution in [0.1, 0.15) is 0 Å². The van der Waals surface area contributed by atoms with Crippen LogP contribution >= 0.6 is 0 Å². The molecule has 4 heteroatoms. The van der Waals surface area contributed by atoms with Gasteiger partial charge in [-0.1, -0.05) is 0 Å². The fourth-order valence-electron chi connectivity index (χ4n) is 1.29. The van der Waals surface area contributed by atoms with Gasteiger partial charge in [-0.25, -0.2) is 0 Å². The molecule has 2 aromatic rings. The van der Waals surface area contributed by atoms with Crippen molar-refractivity contribution in [2.75, 3.05) is 7.11 Å². The summed E-state index contributed by atoms with van der Waals surface area (Å²) in [6.45, 7) is 0. The molecule has 81 valence electrons.